The van der Waals surface area contributed by atoms with Crippen LogP contribution in [0, 0.1) is 0 Å². The van der Waals surface area contributed by atoms with Gasteiger partial charge in [-0.25, -0.2) is 4.98 Å². The van der Waals surface area contributed by atoms with E-state index in [0.717, 1.165) is 65.9 Å². The lowest BCUT2D eigenvalue weighted by atomic mass is 9.94. The van der Waals surface area contributed by atoms with E-state index in [1.54, 1.807) is 23.1 Å². The average Bonchev–Trinajstić information content (AvgIpc) is 3.44. The summed E-state index contributed by atoms with van der Waals surface area (Å²) in [5.74, 6) is 0.632. The van der Waals surface area contributed by atoms with E-state index in [0.29, 0.717) is 13.2 Å². The largest absolute Gasteiger partial charge is 0.494 e. The number of benzene rings is 3. The Bertz CT molecular complexity index is 1440. The van der Waals surface area contributed by atoms with Gasteiger partial charge in [0.2, 0.25) is 5.91 Å². The fraction of sp³-hybridized carbons (Fsp3) is 0.267. The van der Waals surface area contributed by atoms with E-state index < -0.39 is 0 Å². The molecule has 1 amide bonds. The summed E-state index contributed by atoms with van der Waals surface area (Å²) in [6.07, 6.45) is 6.19. The average molecular weight is 515 g/mol. The highest BCUT2D eigenvalue weighted by Gasteiger charge is 2.35. The minimum Gasteiger partial charge on any atom is -0.494 e. The molecule has 0 spiro atoms. The predicted molar refractivity (Wildman–Crippen MR) is 151 cm³/mol. The number of fused-ring (bicyclic) bond motifs is 4. The van der Waals surface area contributed by atoms with Crippen LogP contribution in [-0.4, -0.2) is 24.0 Å². The van der Waals surface area contributed by atoms with Crippen molar-refractivity contribution in [3.63, 3.8) is 0 Å². The van der Waals surface area contributed by atoms with Crippen molar-refractivity contribution >= 4 is 45.3 Å². The van der Waals surface area contributed by atoms with Gasteiger partial charge in [0, 0.05) is 17.0 Å². The number of nitrogens with zero attached hydrogens (tertiary/aromatic N) is 1. The van der Waals surface area contributed by atoms with Gasteiger partial charge in [-0.15, -0.1) is 11.3 Å². The SMILES string of the molecule is CCC=Cc1cc(Sc2nc3ccc(OCC)cc3s2)c2c(c1)C(C(=O)NCCC)c1ccccc1-2. The van der Waals surface area contributed by atoms with E-state index in [1.165, 1.54) is 0 Å². The van der Waals surface area contributed by atoms with Gasteiger partial charge in [-0.1, -0.05) is 62.0 Å². The highest BCUT2D eigenvalue weighted by Crippen LogP contribution is 2.51. The van der Waals surface area contributed by atoms with Crippen LogP contribution in [0.5, 0.6) is 5.75 Å². The van der Waals surface area contributed by atoms with Crippen LogP contribution in [0.2, 0.25) is 0 Å². The second-order valence-electron chi connectivity index (χ2n) is 8.75. The summed E-state index contributed by atoms with van der Waals surface area (Å²) in [5.41, 5.74) is 6.52. The third-order valence-electron chi connectivity index (χ3n) is 6.21. The number of carbonyl (C=O) groups excluding carboxylic acids is 1. The van der Waals surface area contributed by atoms with Crippen molar-refractivity contribution in [2.24, 2.45) is 0 Å². The van der Waals surface area contributed by atoms with Gasteiger partial charge in [0.05, 0.1) is 22.7 Å². The third-order valence-corrected chi connectivity index (χ3v) is 8.33. The number of allylic oxidation sites excluding steroid dienone is 1. The monoisotopic (exact) mass is 514 g/mol. The van der Waals surface area contributed by atoms with Gasteiger partial charge >= 0.3 is 0 Å². The Labute approximate surface area is 220 Å². The lowest BCUT2D eigenvalue weighted by Gasteiger charge is -2.15. The molecule has 1 N–H and O–H groups in total. The Balaban J connectivity index is 1.62. The summed E-state index contributed by atoms with van der Waals surface area (Å²) in [6.45, 7) is 7.52. The van der Waals surface area contributed by atoms with Crippen LogP contribution < -0.4 is 10.1 Å². The van der Waals surface area contributed by atoms with Gasteiger partial charge in [-0.2, -0.15) is 0 Å². The molecule has 0 saturated carbocycles. The minimum atomic E-state index is -0.304. The number of nitrogens with one attached hydrogen (secondary N) is 1. The maximum atomic E-state index is 13.4. The maximum absolute atomic E-state index is 13.4. The van der Waals surface area contributed by atoms with Crippen LogP contribution in [0.15, 0.2) is 69.9 Å². The van der Waals surface area contributed by atoms with E-state index in [4.69, 9.17) is 9.72 Å². The van der Waals surface area contributed by atoms with Gasteiger partial charge in [0.25, 0.3) is 0 Å². The molecule has 0 aliphatic heterocycles. The molecule has 5 rings (SSSR count). The molecule has 1 atom stereocenters. The molecule has 4 aromatic rings. The predicted octanol–water partition coefficient (Wildman–Crippen LogP) is 7.91. The van der Waals surface area contributed by atoms with Crippen LogP contribution in [-0.2, 0) is 4.79 Å². The van der Waals surface area contributed by atoms with E-state index in [2.05, 4.69) is 67.7 Å². The number of thiazole rings is 1. The summed E-state index contributed by atoms with van der Waals surface area (Å²) in [7, 11) is 0. The molecule has 0 radical (unpaired) electrons. The number of amides is 1. The molecular weight excluding hydrogens is 484 g/mol. The van der Waals surface area contributed by atoms with Crippen LogP contribution in [0.4, 0.5) is 0 Å². The zero-order chi connectivity index (χ0) is 25.1. The van der Waals surface area contributed by atoms with Gasteiger partial charge in [-0.05, 0) is 72.4 Å². The third kappa shape index (κ3) is 4.80. The Morgan fingerprint density at radius 3 is 2.78 bits per heavy atom. The number of hydrogen-bond donors (Lipinski definition) is 1. The summed E-state index contributed by atoms with van der Waals surface area (Å²) in [4.78, 5) is 19.4. The Morgan fingerprint density at radius 1 is 1.11 bits per heavy atom. The maximum Gasteiger partial charge on any atom is 0.232 e. The highest BCUT2D eigenvalue weighted by atomic mass is 32.2. The first kappa shape index (κ1) is 24.6. The lowest BCUT2D eigenvalue weighted by Crippen LogP contribution is -2.29. The second-order valence-corrected chi connectivity index (χ2v) is 11.1. The summed E-state index contributed by atoms with van der Waals surface area (Å²) < 4.78 is 7.77. The number of hydrogen-bond acceptors (Lipinski definition) is 5. The standard InChI is InChI=1S/C30H30N2O2S2/c1-4-7-10-19-16-23-27(21-11-8-9-12-22(21)28(23)29(33)31-15-5-2)26(17-19)36-30-32-24-14-13-20(34-6-3)18-25(24)35-30/h7-14,16-18,28H,4-6,15H2,1-3H3,(H,31,33). The number of ether oxygens (including phenoxy) is 1. The molecule has 0 bridgehead atoms. The fourth-order valence-electron chi connectivity index (χ4n) is 4.66. The van der Waals surface area contributed by atoms with Crippen molar-refractivity contribution in [3.8, 4) is 16.9 Å². The van der Waals surface area contributed by atoms with Gasteiger partial charge < -0.3 is 10.1 Å². The first-order chi connectivity index (χ1) is 17.6. The molecule has 6 heteroatoms. The molecule has 1 heterocycles. The van der Waals surface area contributed by atoms with E-state index in [9.17, 15) is 4.79 Å². The number of rotatable bonds is 9. The van der Waals surface area contributed by atoms with Gasteiger partial charge in [0.15, 0.2) is 4.34 Å². The van der Waals surface area contributed by atoms with E-state index >= 15 is 0 Å². The van der Waals surface area contributed by atoms with Crippen molar-refractivity contribution < 1.29 is 9.53 Å². The quantitative estimate of drug-likeness (QED) is 0.247. The first-order valence-electron chi connectivity index (χ1n) is 12.6. The van der Waals surface area contributed by atoms with Crippen LogP contribution in [0.1, 0.15) is 56.2 Å². The van der Waals surface area contributed by atoms with Gasteiger partial charge in [-0.3, -0.25) is 4.79 Å². The van der Waals surface area contributed by atoms with Crippen LogP contribution in [0.25, 0.3) is 27.4 Å². The van der Waals surface area contributed by atoms with Gasteiger partial charge in [0.1, 0.15) is 5.75 Å². The van der Waals surface area contributed by atoms with Crippen LogP contribution in [0.3, 0.4) is 0 Å². The zero-order valence-electron chi connectivity index (χ0n) is 20.8. The van der Waals surface area contributed by atoms with Crippen molar-refractivity contribution in [2.45, 2.75) is 48.8 Å². The molecule has 1 aromatic heterocycles. The molecule has 184 valence electrons. The van der Waals surface area contributed by atoms with E-state index in [-0.39, 0.29) is 11.8 Å². The summed E-state index contributed by atoms with van der Waals surface area (Å²) in [6, 6.07) is 18.8. The molecular formula is C30H30N2O2S2. The smallest absolute Gasteiger partial charge is 0.232 e. The lowest BCUT2D eigenvalue weighted by molar-refractivity contribution is -0.121. The Kier molecular flexibility index (Phi) is 7.44. The molecule has 3 aromatic carbocycles. The Hall–Kier alpha value is -3.09. The Morgan fingerprint density at radius 2 is 1.97 bits per heavy atom. The molecule has 36 heavy (non-hydrogen) atoms. The molecule has 1 unspecified atom stereocenters. The summed E-state index contributed by atoms with van der Waals surface area (Å²) >= 11 is 3.36. The zero-order valence-corrected chi connectivity index (χ0v) is 22.5. The minimum absolute atomic E-state index is 0.0686. The topological polar surface area (TPSA) is 51.2 Å². The second kappa shape index (κ2) is 10.9. The molecule has 1 aliphatic rings. The normalized spacial score (nSPS) is 14.2. The molecule has 1 aliphatic carbocycles. The van der Waals surface area contributed by atoms with Crippen LogP contribution >= 0.6 is 23.1 Å². The molecule has 0 saturated heterocycles. The van der Waals surface area contributed by atoms with E-state index in [1.807, 2.05) is 25.1 Å². The number of aromatic nitrogens is 1. The van der Waals surface area contributed by atoms with Crippen molar-refractivity contribution in [2.75, 3.05) is 13.2 Å². The molecule has 4 nitrogen and oxygen atoms in total. The summed E-state index contributed by atoms with van der Waals surface area (Å²) in [5, 5.41) is 3.14. The first-order valence-corrected chi connectivity index (χ1v) is 14.2. The van der Waals surface area contributed by atoms with Crippen molar-refractivity contribution in [1.82, 2.24) is 10.3 Å². The number of carbonyl (C=O) groups is 1. The van der Waals surface area contributed by atoms with Crippen molar-refractivity contribution in [1.29, 1.82) is 0 Å². The highest BCUT2D eigenvalue weighted by molar-refractivity contribution is 8.01. The fourth-order valence-corrected chi connectivity index (χ4v) is 6.95. The molecule has 0 fully saturated rings. The van der Waals surface area contributed by atoms with Crippen molar-refractivity contribution in [3.05, 3.63) is 77.4 Å².